The molecule has 2 aliphatic carbocycles. The highest BCUT2D eigenvalue weighted by Crippen LogP contribution is 2.35. The number of carboxylic acids is 1. The van der Waals surface area contributed by atoms with Crippen LogP contribution in [0.2, 0.25) is 0 Å². The molecule has 0 aromatic carbocycles. The zero-order valence-corrected chi connectivity index (χ0v) is 10.2. The van der Waals surface area contributed by atoms with Gasteiger partial charge in [0, 0.05) is 0 Å². The molecule has 17 heavy (non-hydrogen) atoms. The van der Waals surface area contributed by atoms with E-state index in [-0.39, 0.29) is 6.10 Å². The largest absolute Gasteiger partial charge is 0.479 e. The summed E-state index contributed by atoms with van der Waals surface area (Å²) >= 11 is 0. The first-order valence-corrected chi connectivity index (χ1v) is 6.68. The molecule has 98 valence electrons. The predicted octanol–water partition coefficient (Wildman–Crippen LogP) is 1.95. The van der Waals surface area contributed by atoms with E-state index in [1.54, 1.807) is 0 Å². The van der Waals surface area contributed by atoms with Gasteiger partial charge in [-0.25, -0.2) is 4.79 Å². The van der Waals surface area contributed by atoms with Crippen molar-refractivity contribution in [1.82, 2.24) is 0 Å². The summed E-state index contributed by atoms with van der Waals surface area (Å²) in [7, 11) is 0. The van der Waals surface area contributed by atoms with E-state index in [1.165, 1.54) is 0 Å². The zero-order valence-electron chi connectivity index (χ0n) is 10.2. The van der Waals surface area contributed by atoms with Gasteiger partial charge in [0.1, 0.15) is 0 Å². The number of aliphatic hydroxyl groups excluding tert-OH is 1. The van der Waals surface area contributed by atoms with Crippen LogP contribution in [0.25, 0.3) is 0 Å². The molecule has 4 heteroatoms. The molecule has 0 saturated heterocycles. The second-order valence-corrected chi connectivity index (χ2v) is 5.50. The molecule has 0 bridgehead atoms. The smallest absolute Gasteiger partial charge is 0.335 e. The van der Waals surface area contributed by atoms with E-state index in [0.717, 1.165) is 38.5 Å². The van der Waals surface area contributed by atoms with Crippen molar-refractivity contribution in [3.05, 3.63) is 0 Å². The molecule has 2 fully saturated rings. The summed E-state index contributed by atoms with van der Waals surface area (Å²) in [4.78, 5) is 11.3. The van der Waals surface area contributed by atoms with E-state index in [4.69, 9.17) is 4.74 Å². The number of carboxylic acid groups (broad SMARTS) is 1. The van der Waals surface area contributed by atoms with Gasteiger partial charge in [-0.15, -0.1) is 0 Å². The first-order chi connectivity index (χ1) is 8.12. The van der Waals surface area contributed by atoms with Gasteiger partial charge in [0.05, 0.1) is 12.7 Å². The fraction of sp³-hybridized carbons (Fsp3) is 0.923. The standard InChI is InChI=1S/C13H22O4/c14-11-5-3-4-10(8-11)9-17-13(12(15)16)6-1-2-7-13/h10-11,14H,1-9H2,(H,15,16)/t10-,11+/m0/s1. The zero-order chi connectivity index (χ0) is 12.3. The summed E-state index contributed by atoms with van der Waals surface area (Å²) in [5.41, 5.74) is -0.928. The van der Waals surface area contributed by atoms with Gasteiger partial charge in [0.2, 0.25) is 0 Å². The molecule has 2 saturated carbocycles. The van der Waals surface area contributed by atoms with Crippen molar-refractivity contribution in [1.29, 1.82) is 0 Å². The third kappa shape index (κ3) is 2.99. The van der Waals surface area contributed by atoms with Crippen LogP contribution in [-0.2, 0) is 9.53 Å². The molecule has 2 rings (SSSR count). The molecule has 2 aliphatic rings. The second kappa shape index (κ2) is 5.36. The first-order valence-electron chi connectivity index (χ1n) is 6.68. The van der Waals surface area contributed by atoms with Crippen LogP contribution in [-0.4, -0.2) is 34.5 Å². The first kappa shape index (κ1) is 12.8. The molecular weight excluding hydrogens is 220 g/mol. The second-order valence-electron chi connectivity index (χ2n) is 5.50. The molecule has 0 aliphatic heterocycles. The van der Waals surface area contributed by atoms with Crippen molar-refractivity contribution in [3.63, 3.8) is 0 Å². The van der Waals surface area contributed by atoms with Crippen molar-refractivity contribution in [2.24, 2.45) is 5.92 Å². The Balaban J connectivity index is 1.85. The lowest BCUT2D eigenvalue weighted by atomic mass is 9.87. The SMILES string of the molecule is O=C(O)C1(OC[C@H]2CCC[C@@H](O)C2)CCCC1. The van der Waals surface area contributed by atoms with Crippen LogP contribution in [0.4, 0.5) is 0 Å². The normalized spacial score (nSPS) is 32.5. The number of aliphatic carboxylic acids is 1. The van der Waals surface area contributed by atoms with Crippen molar-refractivity contribution in [2.45, 2.75) is 63.1 Å². The Labute approximate surface area is 102 Å². The minimum atomic E-state index is -0.928. The maximum absolute atomic E-state index is 11.3. The van der Waals surface area contributed by atoms with Gasteiger partial charge >= 0.3 is 5.97 Å². The third-order valence-electron chi connectivity index (χ3n) is 4.15. The van der Waals surface area contributed by atoms with Crippen molar-refractivity contribution in [3.8, 4) is 0 Å². The van der Waals surface area contributed by atoms with Gasteiger partial charge in [-0.2, -0.15) is 0 Å². The van der Waals surface area contributed by atoms with Crippen LogP contribution in [0.3, 0.4) is 0 Å². The molecule has 0 radical (unpaired) electrons. The molecule has 0 unspecified atom stereocenters. The summed E-state index contributed by atoms with van der Waals surface area (Å²) < 4.78 is 5.73. The van der Waals surface area contributed by atoms with E-state index in [9.17, 15) is 15.0 Å². The highest BCUT2D eigenvalue weighted by molar-refractivity contribution is 5.77. The van der Waals surface area contributed by atoms with Gasteiger partial charge in [0.15, 0.2) is 5.60 Å². The number of rotatable bonds is 4. The summed E-state index contributed by atoms with van der Waals surface area (Å²) in [6, 6.07) is 0. The Hall–Kier alpha value is -0.610. The van der Waals surface area contributed by atoms with E-state index in [2.05, 4.69) is 0 Å². The molecule has 2 N–H and O–H groups in total. The van der Waals surface area contributed by atoms with E-state index < -0.39 is 11.6 Å². The maximum atomic E-state index is 11.3. The lowest BCUT2D eigenvalue weighted by Gasteiger charge is -2.30. The van der Waals surface area contributed by atoms with Crippen molar-refractivity contribution in [2.75, 3.05) is 6.61 Å². The molecule has 0 aromatic rings. The Morgan fingerprint density at radius 3 is 2.53 bits per heavy atom. The highest BCUT2D eigenvalue weighted by Gasteiger charge is 2.43. The Morgan fingerprint density at radius 1 is 1.24 bits per heavy atom. The number of aliphatic hydroxyl groups is 1. The van der Waals surface area contributed by atoms with Crippen LogP contribution in [0.1, 0.15) is 51.4 Å². The number of hydrogen-bond acceptors (Lipinski definition) is 3. The van der Waals surface area contributed by atoms with Gasteiger partial charge < -0.3 is 14.9 Å². The summed E-state index contributed by atoms with van der Waals surface area (Å²) in [6.07, 6.45) is 6.65. The van der Waals surface area contributed by atoms with Crippen LogP contribution in [0.5, 0.6) is 0 Å². The maximum Gasteiger partial charge on any atom is 0.335 e. The van der Waals surface area contributed by atoms with Crippen LogP contribution >= 0.6 is 0 Å². The highest BCUT2D eigenvalue weighted by atomic mass is 16.5. The summed E-state index contributed by atoms with van der Waals surface area (Å²) in [6.45, 7) is 0.489. The molecule has 0 amide bonds. The van der Waals surface area contributed by atoms with Gasteiger partial charge in [-0.1, -0.05) is 6.42 Å². The Kier molecular flexibility index (Phi) is 4.05. The molecule has 0 spiro atoms. The van der Waals surface area contributed by atoms with Crippen molar-refractivity contribution < 1.29 is 19.7 Å². The molecule has 4 nitrogen and oxygen atoms in total. The summed E-state index contributed by atoms with van der Waals surface area (Å²) in [5, 5.41) is 18.8. The average Bonchev–Trinajstić information content (AvgIpc) is 2.76. The van der Waals surface area contributed by atoms with Crippen molar-refractivity contribution >= 4 is 5.97 Å². The number of ether oxygens (including phenoxy) is 1. The average molecular weight is 242 g/mol. The fourth-order valence-electron chi connectivity index (χ4n) is 3.06. The van der Waals surface area contributed by atoms with E-state index >= 15 is 0 Å². The Morgan fingerprint density at radius 2 is 1.94 bits per heavy atom. The minimum absolute atomic E-state index is 0.221. The monoisotopic (exact) mass is 242 g/mol. The molecule has 0 aromatic heterocycles. The summed E-state index contributed by atoms with van der Waals surface area (Å²) in [5.74, 6) is -0.484. The topological polar surface area (TPSA) is 66.8 Å². The number of hydrogen-bond donors (Lipinski definition) is 2. The van der Waals surface area contributed by atoms with Crippen LogP contribution in [0, 0.1) is 5.92 Å². The van der Waals surface area contributed by atoms with Crippen LogP contribution in [0.15, 0.2) is 0 Å². The fourth-order valence-corrected chi connectivity index (χ4v) is 3.06. The predicted molar refractivity (Wildman–Crippen MR) is 62.8 cm³/mol. The molecular formula is C13H22O4. The van der Waals surface area contributed by atoms with Gasteiger partial charge in [0.25, 0.3) is 0 Å². The molecule has 2 atom stereocenters. The number of carbonyl (C=O) groups is 1. The minimum Gasteiger partial charge on any atom is -0.479 e. The van der Waals surface area contributed by atoms with Gasteiger partial charge in [-0.05, 0) is 50.9 Å². The Bertz CT molecular complexity index is 271. The quantitative estimate of drug-likeness (QED) is 0.790. The van der Waals surface area contributed by atoms with E-state index in [0.29, 0.717) is 25.4 Å². The van der Waals surface area contributed by atoms with Crippen LogP contribution < -0.4 is 0 Å². The lowest BCUT2D eigenvalue weighted by Crippen LogP contribution is -2.40. The van der Waals surface area contributed by atoms with E-state index in [1.807, 2.05) is 0 Å². The lowest BCUT2D eigenvalue weighted by molar-refractivity contribution is -0.167. The van der Waals surface area contributed by atoms with Gasteiger partial charge in [-0.3, -0.25) is 0 Å². The molecule has 0 heterocycles. The third-order valence-corrected chi connectivity index (χ3v) is 4.15.